The third-order valence-corrected chi connectivity index (χ3v) is 6.73. The van der Waals surface area contributed by atoms with E-state index in [4.69, 9.17) is 9.52 Å². The lowest BCUT2D eigenvalue weighted by atomic mass is 9.95. The third-order valence-electron chi connectivity index (χ3n) is 5.51. The summed E-state index contributed by atoms with van der Waals surface area (Å²) in [5.41, 5.74) is 7.57. The standard InChI is InChI=1S/C23H25N3O2S/c1-6-16-7-9-17(10-8-16)21-19-12(2)14(4)29-23(19)20-13(3)26-28-22(20)18(25-21)11-24-15(5)27/h7-10,18H,6,11H2,1-5H3,(H,24,27). The van der Waals surface area contributed by atoms with E-state index in [0.29, 0.717) is 6.54 Å². The number of rotatable bonds is 4. The summed E-state index contributed by atoms with van der Waals surface area (Å²) in [6.07, 6.45) is 0.999. The zero-order valence-electron chi connectivity index (χ0n) is 17.4. The molecule has 0 radical (unpaired) electrons. The molecule has 1 aromatic carbocycles. The molecule has 1 amide bonds. The first-order valence-electron chi connectivity index (χ1n) is 9.89. The van der Waals surface area contributed by atoms with Gasteiger partial charge in [0, 0.05) is 34.3 Å². The van der Waals surface area contributed by atoms with Crippen molar-refractivity contribution < 1.29 is 9.32 Å². The Hall–Kier alpha value is -2.73. The topological polar surface area (TPSA) is 67.5 Å². The van der Waals surface area contributed by atoms with Gasteiger partial charge in [-0.3, -0.25) is 9.79 Å². The van der Waals surface area contributed by atoms with Crippen LogP contribution in [0.1, 0.15) is 58.5 Å². The fourth-order valence-corrected chi connectivity index (χ4v) is 5.02. The largest absolute Gasteiger partial charge is 0.358 e. The van der Waals surface area contributed by atoms with E-state index in [1.54, 1.807) is 11.3 Å². The molecule has 1 aliphatic heterocycles. The number of aliphatic imine (C=N–C) groups is 1. The first-order chi connectivity index (χ1) is 13.9. The van der Waals surface area contributed by atoms with Crippen LogP contribution in [0.3, 0.4) is 0 Å². The van der Waals surface area contributed by atoms with Gasteiger partial charge >= 0.3 is 0 Å². The minimum atomic E-state index is -0.324. The Bertz CT molecular complexity index is 1110. The molecule has 0 bridgehead atoms. The lowest BCUT2D eigenvalue weighted by Gasteiger charge is -2.13. The summed E-state index contributed by atoms with van der Waals surface area (Å²) in [4.78, 5) is 19.1. The molecule has 1 aliphatic rings. The van der Waals surface area contributed by atoms with E-state index in [-0.39, 0.29) is 11.9 Å². The van der Waals surface area contributed by atoms with E-state index in [0.717, 1.165) is 45.2 Å². The molecule has 4 rings (SSSR count). The number of hydrogen-bond donors (Lipinski definition) is 1. The van der Waals surface area contributed by atoms with Gasteiger partial charge in [0.05, 0.1) is 17.0 Å². The molecule has 2 aromatic heterocycles. The fraction of sp³-hybridized carbons (Fsp3) is 0.348. The smallest absolute Gasteiger partial charge is 0.216 e. The van der Waals surface area contributed by atoms with Crippen LogP contribution in [0.2, 0.25) is 0 Å². The number of nitrogens with one attached hydrogen (secondary N) is 1. The first-order valence-corrected chi connectivity index (χ1v) is 10.7. The van der Waals surface area contributed by atoms with Crippen molar-refractivity contribution in [2.75, 3.05) is 6.54 Å². The normalized spacial score (nSPS) is 15.3. The van der Waals surface area contributed by atoms with Crippen LogP contribution in [0, 0.1) is 20.8 Å². The summed E-state index contributed by atoms with van der Waals surface area (Å²) in [5.74, 6) is 0.636. The van der Waals surface area contributed by atoms with Crippen LogP contribution >= 0.6 is 11.3 Å². The lowest BCUT2D eigenvalue weighted by molar-refractivity contribution is -0.119. The van der Waals surface area contributed by atoms with Gasteiger partial charge in [-0.2, -0.15) is 0 Å². The SMILES string of the molecule is CCc1ccc(C2=NC(CNC(C)=O)c3onc(C)c3-c3sc(C)c(C)c32)cc1. The van der Waals surface area contributed by atoms with Crippen LogP contribution in [-0.2, 0) is 11.2 Å². The minimum absolute atomic E-state index is 0.0853. The van der Waals surface area contributed by atoms with Gasteiger partial charge < -0.3 is 9.84 Å². The molecular weight excluding hydrogens is 382 g/mol. The monoisotopic (exact) mass is 407 g/mol. The Morgan fingerprint density at radius 2 is 1.90 bits per heavy atom. The highest BCUT2D eigenvalue weighted by molar-refractivity contribution is 7.16. The first kappa shape index (κ1) is 19.6. The molecule has 0 saturated heterocycles. The quantitative estimate of drug-likeness (QED) is 0.667. The summed E-state index contributed by atoms with van der Waals surface area (Å²) in [5, 5.41) is 7.12. The van der Waals surface area contributed by atoms with Crippen molar-refractivity contribution in [2.24, 2.45) is 4.99 Å². The highest BCUT2D eigenvalue weighted by Gasteiger charge is 2.33. The molecule has 3 aromatic rings. The number of thiophene rings is 1. The van der Waals surface area contributed by atoms with Crippen LogP contribution in [0.25, 0.3) is 10.4 Å². The van der Waals surface area contributed by atoms with Crippen molar-refractivity contribution in [3.8, 4) is 10.4 Å². The number of nitrogens with zero attached hydrogens (tertiary/aromatic N) is 2. The predicted molar refractivity (Wildman–Crippen MR) is 117 cm³/mol. The Morgan fingerprint density at radius 3 is 2.55 bits per heavy atom. The van der Waals surface area contributed by atoms with E-state index in [1.807, 2.05) is 6.92 Å². The third kappa shape index (κ3) is 3.42. The summed E-state index contributed by atoms with van der Waals surface area (Å²) >= 11 is 1.76. The maximum absolute atomic E-state index is 11.6. The van der Waals surface area contributed by atoms with E-state index >= 15 is 0 Å². The van der Waals surface area contributed by atoms with Crippen LogP contribution in [0.15, 0.2) is 33.8 Å². The van der Waals surface area contributed by atoms with Gasteiger partial charge in [-0.05, 0) is 38.3 Å². The molecule has 3 heterocycles. The average Bonchev–Trinajstić information content (AvgIpc) is 3.17. The van der Waals surface area contributed by atoms with Gasteiger partial charge in [0.25, 0.3) is 0 Å². The molecule has 1 N–H and O–H groups in total. The zero-order chi connectivity index (χ0) is 20.7. The number of amides is 1. The number of carbonyl (C=O) groups excluding carboxylic acids is 1. The molecule has 1 atom stereocenters. The van der Waals surface area contributed by atoms with Crippen LogP contribution in [-0.4, -0.2) is 23.3 Å². The fourth-order valence-electron chi connectivity index (χ4n) is 3.75. The Kier molecular flexibility index (Phi) is 5.13. The van der Waals surface area contributed by atoms with Crippen molar-refractivity contribution in [1.82, 2.24) is 10.5 Å². The molecule has 0 spiro atoms. The number of hydrogen-bond acceptors (Lipinski definition) is 5. The Balaban J connectivity index is 1.95. The van der Waals surface area contributed by atoms with Crippen molar-refractivity contribution in [1.29, 1.82) is 0 Å². The molecule has 0 fully saturated rings. The maximum atomic E-state index is 11.6. The molecule has 5 nitrogen and oxygen atoms in total. The van der Waals surface area contributed by atoms with Crippen LogP contribution < -0.4 is 5.32 Å². The molecule has 29 heavy (non-hydrogen) atoms. The number of aromatic nitrogens is 1. The minimum Gasteiger partial charge on any atom is -0.358 e. The second-order valence-corrected chi connectivity index (χ2v) is 8.70. The van der Waals surface area contributed by atoms with Crippen molar-refractivity contribution >= 4 is 23.0 Å². The number of carbonyl (C=O) groups is 1. The highest BCUT2D eigenvalue weighted by Crippen LogP contribution is 2.45. The van der Waals surface area contributed by atoms with E-state index in [1.165, 1.54) is 22.9 Å². The van der Waals surface area contributed by atoms with E-state index in [2.05, 4.69) is 55.5 Å². The van der Waals surface area contributed by atoms with Gasteiger partial charge in [0.15, 0.2) is 5.76 Å². The summed E-state index contributed by atoms with van der Waals surface area (Å²) < 4.78 is 5.74. The number of fused-ring (bicyclic) bond motifs is 3. The van der Waals surface area contributed by atoms with Crippen molar-refractivity contribution in [3.05, 3.63) is 62.9 Å². The molecule has 0 saturated carbocycles. The van der Waals surface area contributed by atoms with E-state index in [9.17, 15) is 4.79 Å². The average molecular weight is 408 g/mol. The zero-order valence-corrected chi connectivity index (χ0v) is 18.2. The summed E-state index contributed by atoms with van der Waals surface area (Å²) in [6, 6.07) is 8.27. The van der Waals surface area contributed by atoms with Gasteiger partial charge in [-0.1, -0.05) is 36.3 Å². The van der Waals surface area contributed by atoms with Crippen LogP contribution in [0.5, 0.6) is 0 Å². The molecule has 150 valence electrons. The van der Waals surface area contributed by atoms with Gasteiger partial charge in [-0.25, -0.2) is 0 Å². The summed E-state index contributed by atoms with van der Waals surface area (Å²) in [7, 11) is 0. The second-order valence-electron chi connectivity index (χ2n) is 7.48. The Labute approximate surface area is 174 Å². The number of benzene rings is 1. The van der Waals surface area contributed by atoms with Gasteiger partial charge in [0.2, 0.25) is 5.91 Å². The highest BCUT2D eigenvalue weighted by atomic mass is 32.1. The lowest BCUT2D eigenvalue weighted by Crippen LogP contribution is -2.25. The van der Waals surface area contributed by atoms with Crippen molar-refractivity contribution in [2.45, 2.75) is 47.1 Å². The predicted octanol–water partition coefficient (Wildman–Crippen LogP) is 4.92. The van der Waals surface area contributed by atoms with Crippen molar-refractivity contribution in [3.63, 3.8) is 0 Å². The molecular formula is C23H25N3O2S. The van der Waals surface area contributed by atoms with E-state index < -0.39 is 0 Å². The van der Waals surface area contributed by atoms with Gasteiger partial charge in [-0.15, -0.1) is 11.3 Å². The maximum Gasteiger partial charge on any atom is 0.216 e. The second kappa shape index (κ2) is 7.59. The summed E-state index contributed by atoms with van der Waals surface area (Å²) in [6.45, 7) is 10.3. The molecule has 6 heteroatoms. The molecule has 0 aliphatic carbocycles. The molecule has 1 unspecified atom stereocenters. The van der Waals surface area contributed by atoms with Crippen LogP contribution in [0.4, 0.5) is 0 Å². The number of aryl methyl sites for hydroxylation is 3. The Morgan fingerprint density at radius 1 is 1.17 bits per heavy atom. The van der Waals surface area contributed by atoms with Gasteiger partial charge in [0.1, 0.15) is 6.04 Å².